The van der Waals surface area contributed by atoms with Crippen LogP contribution in [0, 0.1) is 11.8 Å². The Morgan fingerprint density at radius 3 is 1.40 bits per heavy atom. The highest BCUT2D eigenvalue weighted by molar-refractivity contribution is 6.06. The zero-order chi connectivity index (χ0) is 62.5. The lowest BCUT2D eigenvalue weighted by atomic mass is 10.0. The second-order valence-electron chi connectivity index (χ2n) is 21.8. The van der Waals surface area contributed by atoms with Gasteiger partial charge in [-0.25, -0.2) is 51.7 Å². The quantitative estimate of drug-likeness (QED) is 0.0254. The first-order chi connectivity index (χ1) is 42.4. The molecule has 2 saturated carbocycles. The van der Waals surface area contributed by atoms with Gasteiger partial charge in [0.2, 0.25) is 5.91 Å². The smallest absolute Gasteiger partial charge is 0.410 e. The maximum absolute atomic E-state index is 13.3. The molecule has 0 spiro atoms. The van der Waals surface area contributed by atoms with Gasteiger partial charge in [-0.05, 0) is 89.6 Å². The second kappa shape index (κ2) is 28.7. The van der Waals surface area contributed by atoms with E-state index < -0.39 is 53.9 Å². The van der Waals surface area contributed by atoms with E-state index in [1.54, 1.807) is 44.3 Å². The average molecular weight is 1230 g/mol. The number of rotatable bonds is 16. The van der Waals surface area contributed by atoms with Gasteiger partial charge >= 0.3 is 30.0 Å². The van der Waals surface area contributed by atoms with Crippen LogP contribution in [0.5, 0.6) is 0 Å². The van der Waals surface area contributed by atoms with E-state index in [1.165, 1.54) is 17.3 Å². The van der Waals surface area contributed by atoms with E-state index in [-0.39, 0.29) is 50.4 Å². The summed E-state index contributed by atoms with van der Waals surface area (Å²) in [4.78, 5) is 96.8. The summed E-state index contributed by atoms with van der Waals surface area (Å²) in [5.41, 5.74) is 6.30. The van der Waals surface area contributed by atoms with Crippen LogP contribution in [-0.4, -0.2) is 170 Å². The SMILES string of the molecule is CCOC(=O)c1cnc2[nH]ccc2c1N[C@@H]1CCCN(C(=O)OCc2ccccc2)C1.CCOC(=O)c1cnc2[nH]ccc2c1N[C@@H]1CCCN(C(=O)[C@@H]2CC2(F)F)C1.CCOC(=O)c1cnc2[nH]ccc2c1N[C@@H]1CCCNC1.O=C(O)[C@@H]1CC1(F)F. The molecule has 0 unspecified atom stereocenters. The number of halogens is 4. The molecule has 23 nitrogen and oxygen atoms in total. The van der Waals surface area contributed by atoms with E-state index >= 15 is 0 Å². The van der Waals surface area contributed by atoms with Gasteiger partial charge in [0.1, 0.15) is 52.1 Å². The van der Waals surface area contributed by atoms with Crippen LogP contribution in [0.2, 0.25) is 0 Å². The third kappa shape index (κ3) is 15.8. The Hall–Kier alpha value is -9.01. The molecular formula is C61H72F4N12O11. The van der Waals surface area contributed by atoms with Gasteiger partial charge in [0, 0.05) is 117 Å². The number of piperidine rings is 3. The number of alkyl halides is 4. The largest absolute Gasteiger partial charge is 0.481 e. The van der Waals surface area contributed by atoms with Gasteiger partial charge in [0.05, 0.1) is 36.9 Å². The molecule has 7 aromatic rings. The zero-order valence-corrected chi connectivity index (χ0v) is 49.0. The molecule has 3 aliphatic heterocycles. The molecule has 6 aromatic heterocycles. The number of aromatic amines is 3. The number of nitrogens with one attached hydrogen (secondary N) is 7. The summed E-state index contributed by atoms with van der Waals surface area (Å²) in [7, 11) is 0. The Bertz CT molecular complexity index is 3580. The van der Waals surface area contributed by atoms with Gasteiger partial charge < -0.3 is 70.1 Å². The fraction of sp³-hybridized carbons (Fsp3) is 0.459. The predicted octanol–water partition coefficient (Wildman–Crippen LogP) is 9.38. The van der Waals surface area contributed by atoms with Crippen LogP contribution in [0.3, 0.4) is 0 Å². The summed E-state index contributed by atoms with van der Waals surface area (Å²) in [6, 6.07) is 15.4. The minimum atomic E-state index is -2.91. The summed E-state index contributed by atoms with van der Waals surface area (Å²) in [6.07, 6.45) is 14.1. The summed E-state index contributed by atoms with van der Waals surface area (Å²) in [5, 5.41) is 24.1. The van der Waals surface area contributed by atoms with Crippen LogP contribution in [0.4, 0.5) is 39.4 Å². The van der Waals surface area contributed by atoms with Gasteiger partial charge in [-0.1, -0.05) is 30.3 Å². The maximum atomic E-state index is 13.3. The number of hydrogen-bond acceptors (Lipinski definition) is 17. The molecule has 88 heavy (non-hydrogen) atoms. The van der Waals surface area contributed by atoms with Crippen LogP contribution in [-0.2, 0) is 35.1 Å². The molecule has 5 fully saturated rings. The highest BCUT2D eigenvalue weighted by Gasteiger charge is 2.63. The molecule has 3 saturated heterocycles. The van der Waals surface area contributed by atoms with Crippen molar-refractivity contribution >= 4 is 86.0 Å². The lowest BCUT2D eigenvalue weighted by molar-refractivity contribution is -0.141. The number of likely N-dealkylation sites (tertiary alicyclic amines) is 2. The van der Waals surface area contributed by atoms with Gasteiger partial charge in [0.25, 0.3) is 11.8 Å². The summed E-state index contributed by atoms with van der Waals surface area (Å²) in [6.45, 7) is 10.3. The number of esters is 3. The number of aliphatic carboxylic acids is 1. The first-order valence-corrected chi connectivity index (χ1v) is 29.5. The Morgan fingerprint density at radius 2 is 1.00 bits per heavy atom. The van der Waals surface area contributed by atoms with Gasteiger partial charge in [-0.15, -0.1) is 0 Å². The summed E-state index contributed by atoms with van der Waals surface area (Å²) >= 11 is 0. The third-order valence-corrected chi connectivity index (χ3v) is 15.5. The molecule has 2 amide bonds. The lowest BCUT2D eigenvalue weighted by Gasteiger charge is -2.34. The van der Waals surface area contributed by atoms with Gasteiger partial charge in [-0.3, -0.25) is 9.59 Å². The van der Waals surface area contributed by atoms with E-state index in [0.717, 1.165) is 78.3 Å². The van der Waals surface area contributed by atoms with E-state index in [2.05, 4.69) is 51.2 Å². The topological polar surface area (TPSA) is 300 Å². The number of ether oxygens (including phenoxy) is 4. The van der Waals surface area contributed by atoms with Gasteiger partial charge in [0.15, 0.2) is 0 Å². The fourth-order valence-electron chi connectivity index (χ4n) is 10.7. The molecule has 8 N–H and O–H groups in total. The monoisotopic (exact) mass is 1220 g/mol. The minimum absolute atomic E-state index is 0.0216. The molecule has 470 valence electrons. The molecule has 1 aromatic carbocycles. The molecule has 2 aliphatic carbocycles. The zero-order valence-electron chi connectivity index (χ0n) is 49.0. The van der Waals surface area contributed by atoms with Crippen molar-refractivity contribution in [3.8, 4) is 0 Å². The van der Waals surface area contributed by atoms with Crippen LogP contribution in [0.15, 0.2) is 85.7 Å². The molecular weight excluding hydrogens is 1150 g/mol. The van der Waals surface area contributed by atoms with Crippen LogP contribution < -0.4 is 21.3 Å². The van der Waals surface area contributed by atoms with E-state index in [4.69, 9.17) is 24.1 Å². The molecule has 27 heteroatoms. The highest BCUT2D eigenvalue weighted by atomic mass is 19.3. The van der Waals surface area contributed by atoms with E-state index in [0.29, 0.717) is 84.6 Å². The Labute approximate surface area is 503 Å². The number of benzene rings is 1. The summed E-state index contributed by atoms with van der Waals surface area (Å²) < 4.78 is 70.8. The van der Waals surface area contributed by atoms with E-state index in [1.807, 2.05) is 54.7 Å². The Morgan fingerprint density at radius 1 is 0.580 bits per heavy atom. The minimum Gasteiger partial charge on any atom is -0.481 e. The number of nitrogens with zero attached hydrogens (tertiary/aromatic N) is 5. The number of pyridine rings is 3. The number of carbonyl (C=O) groups is 6. The lowest BCUT2D eigenvalue weighted by Crippen LogP contribution is -2.46. The first-order valence-electron chi connectivity index (χ1n) is 29.5. The fourth-order valence-corrected chi connectivity index (χ4v) is 10.7. The molecule has 5 atom stereocenters. The van der Waals surface area contributed by atoms with Crippen molar-refractivity contribution in [3.63, 3.8) is 0 Å². The van der Waals surface area contributed by atoms with Crippen molar-refractivity contribution in [2.75, 3.05) is 75.0 Å². The number of fused-ring (bicyclic) bond motifs is 3. The number of aromatic nitrogens is 6. The van der Waals surface area contributed by atoms with Crippen molar-refractivity contribution in [3.05, 3.63) is 108 Å². The maximum Gasteiger partial charge on any atom is 0.410 e. The van der Waals surface area contributed by atoms with Crippen molar-refractivity contribution < 1.29 is 70.4 Å². The number of carboxylic acids is 1. The Kier molecular flexibility index (Phi) is 20.7. The number of anilines is 3. The third-order valence-electron chi connectivity index (χ3n) is 15.5. The number of amides is 2. The Balaban J connectivity index is 0.000000149. The first kappa shape index (κ1) is 63.5. The van der Waals surface area contributed by atoms with E-state index in [9.17, 15) is 46.3 Å². The molecule has 5 aliphatic rings. The number of H-pyrrole nitrogens is 3. The normalized spacial score (nSPS) is 20.5. The average Bonchev–Trinajstić information content (AvgIpc) is 2.03. The van der Waals surface area contributed by atoms with Crippen molar-refractivity contribution in [1.29, 1.82) is 0 Å². The van der Waals surface area contributed by atoms with Gasteiger partial charge in [-0.2, -0.15) is 0 Å². The number of carbonyl (C=O) groups excluding carboxylic acids is 5. The standard InChI is InChI=1S/C23H26N4O4.C19H22F2N4O3.C15H20N4O2.C4H4F2O2/c1-2-30-22(28)19-13-25-21-18(10-11-24-21)20(19)26-17-9-6-12-27(14-17)23(29)31-15-16-7-4-3-5-8-16;1-2-28-18(27)13-9-23-16-12(5-6-22-16)15(13)24-11-4-3-7-25(10-11)17(26)14-8-19(14,20)21;1-2-21-15(20)12-9-18-14-11(5-7-17-14)13(12)19-10-4-3-6-16-8-10;5-4(6)1-2(4)3(7)8/h3-5,7-8,10-11,13,17H,2,6,9,12,14-15H2,1H3,(H2,24,25,26);5-6,9,11,14H,2-4,7-8,10H2,1H3,(H2,22,23,24);5,7,9-10,16H,2-4,6,8H2,1H3,(H2,17,18,19);2H,1H2,(H,7,8)/t17-;11-,14+;10-;2-/m1110/s1. The van der Waals surface area contributed by atoms with Crippen molar-refractivity contribution in [2.45, 2.75) is 109 Å². The molecule has 9 heterocycles. The second-order valence-corrected chi connectivity index (χ2v) is 21.8. The van der Waals surface area contributed by atoms with Crippen molar-refractivity contribution in [1.82, 2.24) is 45.0 Å². The predicted molar refractivity (Wildman–Crippen MR) is 317 cm³/mol. The summed E-state index contributed by atoms with van der Waals surface area (Å²) in [5.74, 6) is -11.5. The molecule has 12 rings (SSSR count). The number of hydrogen-bond donors (Lipinski definition) is 8. The molecule has 0 radical (unpaired) electrons. The number of carboxylic acid groups (broad SMARTS) is 1. The van der Waals surface area contributed by atoms with Crippen LogP contribution in [0.25, 0.3) is 33.1 Å². The van der Waals surface area contributed by atoms with Crippen LogP contribution in [0.1, 0.15) is 109 Å². The van der Waals surface area contributed by atoms with Crippen molar-refractivity contribution in [2.24, 2.45) is 11.8 Å². The van der Waals surface area contributed by atoms with Crippen LogP contribution >= 0.6 is 0 Å². The molecule has 0 bridgehead atoms. The highest BCUT2D eigenvalue weighted by Crippen LogP contribution is 2.50.